The van der Waals surface area contributed by atoms with E-state index in [9.17, 15) is 0 Å². The average Bonchev–Trinajstić information content (AvgIpc) is 2.83. The van der Waals surface area contributed by atoms with Crippen molar-refractivity contribution < 1.29 is 4.42 Å². The van der Waals surface area contributed by atoms with E-state index in [0.29, 0.717) is 6.04 Å². The molecule has 0 bridgehead atoms. The van der Waals surface area contributed by atoms with E-state index >= 15 is 0 Å². The SMILES string of the molecule is CC(C)NCc1occc1-c1ccccc1C1CCC1. The van der Waals surface area contributed by atoms with Gasteiger partial charge in [-0.2, -0.15) is 0 Å². The van der Waals surface area contributed by atoms with Crippen LogP contribution >= 0.6 is 0 Å². The van der Waals surface area contributed by atoms with Crippen molar-refractivity contribution in [1.82, 2.24) is 5.32 Å². The summed E-state index contributed by atoms with van der Waals surface area (Å²) in [4.78, 5) is 0. The van der Waals surface area contributed by atoms with Crippen LogP contribution in [-0.2, 0) is 6.54 Å². The van der Waals surface area contributed by atoms with E-state index < -0.39 is 0 Å². The van der Waals surface area contributed by atoms with Crippen LogP contribution in [0, 0.1) is 0 Å². The molecule has 1 aromatic carbocycles. The Morgan fingerprint density at radius 3 is 2.65 bits per heavy atom. The molecule has 0 amide bonds. The topological polar surface area (TPSA) is 25.2 Å². The summed E-state index contributed by atoms with van der Waals surface area (Å²) in [5, 5.41) is 3.44. The fourth-order valence-corrected chi connectivity index (χ4v) is 2.83. The number of furan rings is 1. The van der Waals surface area contributed by atoms with Crippen molar-refractivity contribution in [3.63, 3.8) is 0 Å². The standard InChI is InChI=1S/C18H23NO/c1-13(2)19-12-18-17(10-11-20-18)16-9-4-3-8-15(16)14-6-5-7-14/h3-4,8-11,13-14,19H,5-7,12H2,1-2H3. The third kappa shape index (κ3) is 2.66. The number of hydrogen-bond acceptors (Lipinski definition) is 2. The summed E-state index contributed by atoms with van der Waals surface area (Å²) in [7, 11) is 0. The Morgan fingerprint density at radius 1 is 1.15 bits per heavy atom. The molecule has 2 nitrogen and oxygen atoms in total. The molecule has 1 aliphatic carbocycles. The first-order valence-electron chi connectivity index (χ1n) is 7.64. The molecule has 1 N–H and O–H groups in total. The molecule has 106 valence electrons. The third-order valence-corrected chi connectivity index (χ3v) is 4.21. The minimum atomic E-state index is 0.467. The predicted molar refractivity (Wildman–Crippen MR) is 82.7 cm³/mol. The maximum atomic E-state index is 5.69. The normalized spacial score (nSPS) is 15.6. The van der Waals surface area contributed by atoms with E-state index in [1.54, 1.807) is 0 Å². The molecule has 1 aliphatic rings. The molecule has 20 heavy (non-hydrogen) atoms. The molecule has 1 aromatic heterocycles. The monoisotopic (exact) mass is 269 g/mol. The van der Waals surface area contributed by atoms with Gasteiger partial charge in [-0.3, -0.25) is 0 Å². The minimum absolute atomic E-state index is 0.467. The number of benzene rings is 1. The van der Waals surface area contributed by atoms with Gasteiger partial charge in [-0.05, 0) is 36.0 Å². The molecule has 1 fully saturated rings. The Morgan fingerprint density at radius 2 is 1.95 bits per heavy atom. The van der Waals surface area contributed by atoms with Gasteiger partial charge >= 0.3 is 0 Å². The molecule has 0 atom stereocenters. The van der Waals surface area contributed by atoms with Crippen LogP contribution in [-0.4, -0.2) is 6.04 Å². The molecule has 0 aliphatic heterocycles. The Kier molecular flexibility index (Phi) is 3.93. The lowest BCUT2D eigenvalue weighted by Crippen LogP contribution is -2.21. The molecule has 0 spiro atoms. The van der Waals surface area contributed by atoms with E-state index in [0.717, 1.165) is 18.2 Å². The molecule has 2 aromatic rings. The Labute approximate surface area is 121 Å². The molecular weight excluding hydrogens is 246 g/mol. The van der Waals surface area contributed by atoms with Gasteiger partial charge in [0.25, 0.3) is 0 Å². The first kappa shape index (κ1) is 13.4. The van der Waals surface area contributed by atoms with Crippen LogP contribution in [0.25, 0.3) is 11.1 Å². The van der Waals surface area contributed by atoms with Crippen LogP contribution in [0.1, 0.15) is 50.4 Å². The molecule has 1 saturated carbocycles. The Balaban J connectivity index is 1.91. The second-order valence-corrected chi connectivity index (χ2v) is 6.01. The van der Waals surface area contributed by atoms with Gasteiger partial charge in [0.1, 0.15) is 5.76 Å². The van der Waals surface area contributed by atoms with Crippen LogP contribution < -0.4 is 5.32 Å². The molecule has 0 radical (unpaired) electrons. The number of nitrogens with one attached hydrogen (secondary N) is 1. The van der Waals surface area contributed by atoms with Crippen molar-refractivity contribution in [2.24, 2.45) is 0 Å². The molecule has 0 saturated heterocycles. The molecular formula is C18H23NO. The zero-order valence-corrected chi connectivity index (χ0v) is 12.4. The van der Waals surface area contributed by atoms with Crippen molar-refractivity contribution in [3.05, 3.63) is 47.9 Å². The summed E-state index contributed by atoms with van der Waals surface area (Å²) < 4.78 is 5.69. The van der Waals surface area contributed by atoms with E-state index in [2.05, 4.69) is 49.5 Å². The minimum Gasteiger partial charge on any atom is -0.467 e. The van der Waals surface area contributed by atoms with Crippen LogP contribution in [0.3, 0.4) is 0 Å². The maximum Gasteiger partial charge on any atom is 0.125 e. The lowest BCUT2D eigenvalue weighted by molar-refractivity contribution is 0.420. The molecule has 2 heteroatoms. The van der Waals surface area contributed by atoms with Crippen LogP contribution in [0.5, 0.6) is 0 Å². The zero-order chi connectivity index (χ0) is 13.9. The largest absolute Gasteiger partial charge is 0.467 e. The Bertz CT molecular complexity index is 566. The first-order chi connectivity index (χ1) is 9.75. The Hall–Kier alpha value is -1.54. The van der Waals surface area contributed by atoms with Gasteiger partial charge in [0.2, 0.25) is 0 Å². The molecule has 1 heterocycles. The van der Waals surface area contributed by atoms with Crippen LogP contribution in [0.2, 0.25) is 0 Å². The average molecular weight is 269 g/mol. The lowest BCUT2D eigenvalue weighted by atomic mass is 9.77. The number of rotatable bonds is 5. The van der Waals surface area contributed by atoms with Gasteiger partial charge in [-0.1, -0.05) is 44.5 Å². The summed E-state index contributed by atoms with van der Waals surface area (Å²) in [6.07, 6.45) is 5.83. The molecule has 0 unspecified atom stereocenters. The van der Waals surface area contributed by atoms with Crippen molar-refractivity contribution in [1.29, 1.82) is 0 Å². The van der Waals surface area contributed by atoms with Crippen LogP contribution in [0.15, 0.2) is 41.0 Å². The highest BCUT2D eigenvalue weighted by molar-refractivity contribution is 5.70. The van der Waals surface area contributed by atoms with Gasteiger partial charge in [0, 0.05) is 11.6 Å². The second-order valence-electron chi connectivity index (χ2n) is 6.01. The highest BCUT2D eigenvalue weighted by Crippen LogP contribution is 2.41. The summed E-state index contributed by atoms with van der Waals surface area (Å²) >= 11 is 0. The highest BCUT2D eigenvalue weighted by atomic mass is 16.3. The summed E-state index contributed by atoms with van der Waals surface area (Å²) in [6, 6.07) is 11.4. The van der Waals surface area contributed by atoms with Gasteiger partial charge in [0.05, 0.1) is 12.8 Å². The third-order valence-electron chi connectivity index (χ3n) is 4.21. The van der Waals surface area contributed by atoms with E-state index in [4.69, 9.17) is 4.42 Å². The highest BCUT2D eigenvalue weighted by Gasteiger charge is 2.23. The first-order valence-corrected chi connectivity index (χ1v) is 7.64. The predicted octanol–water partition coefficient (Wildman–Crippen LogP) is 4.71. The van der Waals surface area contributed by atoms with Gasteiger partial charge in [0.15, 0.2) is 0 Å². The summed E-state index contributed by atoms with van der Waals surface area (Å²) in [6.45, 7) is 5.11. The number of hydrogen-bond donors (Lipinski definition) is 1. The maximum absolute atomic E-state index is 5.69. The zero-order valence-electron chi connectivity index (χ0n) is 12.4. The summed E-state index contributed by atoms with van der Waals surface area (Å²) in [5.74, 6) is 1.79. The lowest BCUT2D eigenvalue weighted by Gasteiger charge is -2.28. The van der Waals surface area contributed by atoms with Crippen molar-refractivity contribution in [2.75, 3.05) is 0 Å². The van der Waals surface area contributed by atoms with Crippen molar-refractivity contribution in [2.45, 2.75) is 51.6 Å². The fraction of sp³-hybridized carbons (Fsp3) is 0.444. The molecule has 3 rings (SSSR count). The van der Waals surface area contributed by atoms with E-state index in [-0.39, 0.29) is 0 Å². The van der Waals surface area contributed by atoms with Gasteiger partial charge < -0.3 is 9.73 Å². The van der Waals surface area contributed by atoms with E-state index in [1.165, 1.54) is 36.0 Å². The summed E-state index contributed by atoms with van der Waals surface area (Å²) in [5.41, 5.74) is 4.10. The van der Waals surface area contributed by atoms with Crippen molar-refractivity contribution in [3.8, 4) is 11.1 Å². The van der Waals surface area contributed by atoms with Gasteiger partial charge in [-0.15, -0.1) is 0 Å². The van der Waals surface area contributed by atoms with E-state index in [1.807, 2.05) is 6.26 Å². The van der Waals surface area contributed by atoms with Crippen LogP contribution in [0.4, 0.5) is 0 Å². The smallest absolute Gasteiger partial charge is 0.125 e. The quantitative estimate of drug-likeness (QED) is 0.850. The van der Waals surface area contributed by atoms with Crippen molar-refractivity contribution >= 4 is 0 Å². The fourth-order valence-electron chi connectivity index (χ4n) is 2.83. The second kappa shape index (κ2) is 5.84. The van der Waals surface area contributed by atoms with Gasteiger partial charge in [-0.25, -0.2) is 0 Å².